The molecule has 3 N–H and O–H groups in total. The van der Waals surface area contributed by atoms with Crippen molar-refractivity contribution in [3.63, 3.8) is 0 Å². The van der Waals surface area contributed by atoms with Gasteiger partial charge in [-0.15, -0.1) is 0 Å². The summed E-state index contributed by atoms with van der Waals surface area (Å²) < 4.78 is 0. The van der Waals surface area contributed by atoms with Gasteiger partial charge in [-0.25, -0.2) is 0 Å². The number of nitrogens with two attached hydrogens (primary N) is 1. The highest BCUT2D eigenvalue weighted by molar-refractivity contribution is 5.95. The zero-order valence-electron chi connectivity index (χ0n) is 11.9. The SMILES string of the molecule is CC(=O)c1ccc(N2CCC(N)(CO)CC2)c([N+](=O)[O-])c1. The normalized spacial score (nSPS) is 17.6. The maximum Gasteiger partial charge on any atom is 0.293 e. The largest absolute Gasteiger partial charge is 0.394 e. The number of benzene rings is 1. The molecule has 1 aliphatic heterocycles. The van der Waals surface area contributed by atoms with Crippen LogP contribution in [0.25, 0.3) is 0 Å². The van der Waals surface area contributed by atoms with Crippen molar-refractivity contribution in [3.8, 4) is 0 Å². The van der Waals surface area contributed by atoms with Crippen LogP contribution in [0.2, 0.25) is 0 Å². The summed E-state index contributed by atoms with van der Waals surface area (Å²) in [6, 6.07) is 4.52. The molecule has 7 heteroatoms. The molecular weight excluding hydrogens is 274 g/mol. The Labute approximate surface area is 122 Å². The Morgan fingerprint density at radius 1 is 1.48 bits per heavy atom. The van der Waals surface area contributed by atoms with Crippen LogP contribution in [0, 0.1) is 10.1 Å². The molecule has 0 saturated carbocycles. The number of aliphatic hydroxyl groups is 1. The van der Waals surface area contributed by atoms with Crippen LogP contribution in [0.1, 0.15) is 30.1 Å². The van der Waals surface area contributed by atoms with Crippen molar-refractivity contribution in [1.82, 2.24) is 0 Å². The fourth-order valence-corrected chi connectivity index (χ4v) is 2.51. The van der Waals surface area contributed by atoms with Crippen LogP contribution in [0.5, 0.6) is 0 Å². The molecule has 21 heavy (non-hydrogen) atoms. The van der Waals surface area contributed by atoms with Gasteiger partial charge < -0.3 is 15.7 Å². The van der Waals surface area contributed by atoms with E-state index in [9.17, 15) is 20.0 Å². The summed E-state index contributed by atoms with van der Waals surface area (Å²) in [5, 5.41) is 20.5. The molecule has 7 nitrogen and oxygen atoms in total. The molecule has 0 bridgehead atoms. The van der Waals surface area contributed by atoms with Crippen LogP contribution >= 0.6 is 0 Å². The van der Waals surface area contributed by atoms with Crippen molar-refractivity contribution in [2.75, 3.05) is 24.6 Å². The molecule has 114 valence electrons. The number of Topliss-reactive ketones (excluding diaryl/α,β-unsaturated/α-hetero) is 1. The van der Waals surface area contributed by atoms with E-state index in [0.717, 1.165) is 0 Å². The Morgan fingerprint density at radius 2 is 2.10 bits per heavy atom. The Morgan fingerprint density at radius 3 is 2.57 bits per heavy atom. The van der Waals surface area contributed by atoms with Crippen LogP contribution in [0.4, 0.5) is 11.4 Å². The average Bonchev–Trinajstić information content (AvgIpc) is 2.47. The molecule has 1 aromatic carbocycles. The average molecular weight is 293 g/mol. The van der Waals surface area contributed by atoms with E-state index in [1.165, 1.54) is 13.0 Å². The third kappa shape index (κ3) is 3.20. The van der Waals surface area contributed by atoms with Crippen LogP contribution in [-0.4, -0.2) is 41.0 Å². The summed E-state index contributed by atoms with van der Waals surface area (Å²) in [5.74, 6) is -0.204. The number of hydrogen-bond acceptors (Lipinski definition) is 6. The Hall–Kier alpha value is -1.99. The van der Waals surface area contributed by atoms with Crippen molar-refractivity contribution in [2.24, 2.45) is 5.73 Å². The number of hydrogen-bond donors (Lipinski definition) is 2. The van der Waals surface area contributed by atoms with E-state index in [2.05, 4.69) is 0 Å². The predicted molar refractivity (Wildman–Crippen MR) is 78.6 cm³/mol. The Balaban J connectivity index is 2.28. The molecule has 0 spiro atoms. The van der Waals surface area contributed by atoms with Crippen LogP contribution in [0.3, 0.4) is 0 Å². The van der Waals surface area contributed by atoms with Crippen LogP contribution in [-0.2, 0) is 0 Å². The summed E-state index contributed by atoms with van der Waals surface area (Å²) in [7, 11) is 0. The Kier molecular flexibility index (Phi) is 4.24. The number of carbonyl (C=O) groups is 1. The molecule has 0 radical (unpaired) electrons. The number of anilines is 1. The highest BCUT2D eigenvalue weighted by atomic mass is 16.6. The number of nitrogens with zero attached hydrogens (tertiary/aromatic N) is 2. The van der Waals surface area contributed by atoms with Gasteiger partial charge in [0.2, 0.25) is 0 Å². The summed E-state index contributed by atoms with van der Waals surface area (Å²) in [6.07, 6.45) is 1.13. The van der Waals surface area contributed by atoms with E-state index in [0.29, 0.717) is 37.2 Å². The molecule has 1 heterocycles. The molecule has 1 aliphatic rings. The molecule has 1 saturated heterocycles. The van der Waals surface area contributed by atoms with Gasteiger partial charge in [0.05, 0.1) is 11.5 Å². The number of aliphatic hydroxyl groups excluding tert-OH is 1. The first-order valence-electron chi connectivity index (χ1n) is 6.80. The number of nitro groups is 1. The quantitative estimate of drug-likeness (QED) is 0.488. The summed E-state index contributed by atoms with van der Waals surface area (Å²) in [5.41, 5.74) is 6.14. The second-order valence-electron chi connectivity index (χ2n) is 5.52. The fourth-order valence-electron chi connectivity index (χ4n) is 2.51. The van der Waals surface area contributed by atoms with Gasteiger partial charge in [-0.1, -0.05) is 0 Å². The maximum atomic E-state index is 11.4. The lowest BCUT2D eigenvalue weighted by molar-refractivity contribution is -0.384. The first kappa shape index (κ1) is 15.4. The number of ketones is 1. The van der Waals surface area contributed by atoms with E-state index in [1.54, 1.807) is 12.1 Å². The number of carbonyl (C=O) groups excluding carboxylic acids is 1. The Bertz CT molecular complexity index is 565. The molecule has 0 aromatic heterocycles. The molecule has 0 aliphatic carbocycles. The fraction of sp³-hybridized carbons (Fsp3) is 0.500. The highest BCUT2D eigenvalue weighted by Crippen LogP contribution is 2.32. The molecule has 1 fully saturated rings. The lowest BCUT2D eigenvalue weighted by Gasteiger charge is -2.38. The van der Waals surface area contributed by atoms with E-state index in [1.807, 2.05) is 4.90 Å². The monoisotopic (exact) mass is 293 g/mol. The molecule has 2 rings (SSSR count). The standard InChI is InChI=1S/C14H19N3O4/c1-10(19)11-2-3-12(13(8-11)17(20)21)16-6-4-14(15,9-18)5-7-16/h2-3,8,18H,4-7,9,15H2,1H3. The number of piperidine rings is 1. The van der Waals surface area contributed by atoms with Crippen molar-refractivity contribution >= 4 is 17.2 Å². The summed E-state index contributed by atoms with van der Waals surface area (Å²) in [6.45, 7) is 2.37. The van der Waals surface area contributed by atoms with Crippen LogP contribution in [0.15, 0.2) is 18.2 Å². The lowest BCUT2D eigenvalue weighted by Crippen LogP contribution is -2.53. The van der Waals surface area contributed by atoms with Crippen molar-refractivity contribution in [3.05, 3.63) is 33.9 Å². The summed E-state index contributed by atoms with van der Waals surface area (Å²) >= 11 is 0. The molecule has 0 atom stereocenters. The van der Waals surface area contributed by atoms with Crippen molar-refractivity contribution < 1.29 is 14.8 Å². The second-order valence-corrected chi connectivity index (χ2v) is 5.52. The maximum absolute atomic E-state index is 11.4. The van der Waals surface area contributed by atoms with Gasteiger partial charge in [-0.2, -0.15) is 0 Å². The minimum Gasteiger partial charge on any atom is -0.394 e. The zero-order valence-corrected chi connectivity index (χ0v) is 11.9. The lowest BCUT2D eigenvalue weighted by atomic mass is 9.89. The van der Waals surface area contributed by atoms with Gasteiger partial charge in [0.1, 0.15) is 5.69 Å². The highest BCUT2D eigenvalue weighted by Gasteiger charge is 2.32. The van der Waals surface area contributed by atoms with Gasteiger partial charge >= 0.3 is 0 Å². The second kappa shape index (κ2) is 5.79. The predicted octanol–water partition coefficient (Wildman–Crippen LogP) is 1.09. The smallest absolute Gasteiger partial charge is 0.293 e. The first-order valence-corrected chi connectivity index (χ1v) is 6.80. The third-order valence-corrected chi connectivity index (χ3v) is 3.99. The minimum absolute atomic E-state index is 0.0729. The number of nitro benzene ring substituents is 1. The zero-order chi connectivity index (χ0) is 15.6. The third-order valence-electron chi connectivity index (χ3n) is 3.99. The molecule has 0 unspecified atom stereocenters. The molecular formula is C14H19N3O4. The molecule has 0 amide bonds. The van der Waals surface area contributed by atoms with Gasteiger partial charge in [0.15, 0.2) is 5.78 Å². The molecule has 1 aromatic rings. The summed E-state index contributed by atoms with van der Waals surface area (Å²) in [4.78, 5) is 24.0. The van der Waals surface area contributed by atoms with Gasteiger partial charge in [-0.3, -0.25) is 14.9 Å². The van der Waals surface area contributed by atoms with Gasteiger partial charge in [0.25, 0.3) is 5.69 Å². The minimum atomic E-state index is -0.607. The van der Waals surface area contributed by atoms with E-state index in [4.69, 9.17) is 5.73 Å². The van der Waals surface area contributed by atoms with Crippen molar-refractivity contribution in [2.45, 2.75) is 25.3 Å². The van der Waals surface area contributed by atoms with Gasteiger partial charge in [-0.05, 0) is 31.9 Å². The number of rotatable bonds is 4. The van der Waals surface area contributed by atoms with Gasteiger partial charge in [0, 0.05) is 30.3 Å². The van der Waals surface area contributed by atoms with E-state index < -0.39 is 10.5 Å². The van der Waals surface area contributed by atoms with Crippen molar-refractivity contribution in [1.29, 1.82) is 0 Å². The van der Waals surface area contributed by atoms with E-state index >= 15 is 0 Å². The first-order chi connectivity index (χ1) is 9.86. The van der Waals surface area contributed by atoms with E-state index in [-0.39, 0.29) is 18.1 Å². The van der Waals surface area contributed by atoms with Crippen LogP contribution < -0.4 is 10.6 Å². The topological polar surface area (TPSA) is 110 Å².